The number of nitrogens with zero attached hydrogens (tertiary/aromatic N) is 4. The highest BCUT2D eigenvalue weighted by molar-refractivity contribution is 6.33. The molecule has 6 heteroatoms. The smallest absolute Gasteiger partial charge is 0.287 e. The highest BCUT2D eigenvalue weighted by atomic mass is 35.5. The van der Waals surface area contributed by atoms with Crippen molar-refractivity contribution in [1.82, 2.24) is 9.78 Å². The molecule has 1 saturated heterocycles. The molecule has 2 aromatic rings. The number of benzene rings is 1. The third-order valence-corrected chi connectivity index (χ3v) is 4.36. The van der Waals surface area contributed by atoms with Gasteiger partial charge in [0.1, 0.15) is 5.02 Å². The summed E-state index contributed by atoms with van der Waals surface area (Å²) in [7, 11) is 0. The molecule has 1 fully saturated rings. The molecule has 0 radical (unpaired) electrons. The topological polar surface area (TPSA) is 41.4 Å². The Morgan fingerprint density at radius 2 is 1.73 bits per heavy atom. The van der Waals surface area contributed by atoms with Crippen LogP contribution < -0.4 is 15.4 Å². The number of anilines is 2. The maximum Gasteiger partial charge on any atom is 0.287 e. The van der Waals surface area contributed by atoms with Gasteiger partial charge in [-0.2, -0.15) is 5.10 Å². The van der Waals surface area contributed by atoms with E-state index in [1.807, 2.05) is 25.1 Å². The van der Waals surface area contributed by atoms with Crippen molar-refractivity contribution >= 4 is 23.0 Å². The van der Waals surface area contributed by atoms with Crippen molar-refractivity contribution in [3.8, 4) is 0 Å². The number of piperazine rings is 1. The van der Waals surface area contributed by atoms with E-state index in [1.54, 1.807) is 6.20 Å². The fourth-order valence-electron chi connectivity index (χ4n) is 2.75. The zero-order valence-electron chi connectivity index (χ0n) is 12.6. The van der Waals surface area contributed by atoms with Crippen LogP contribution in [0.15, 0.2) is 41.3 Å². The van der Waals surface area contributed by atoms with E-state index < -0.39 is 0 Å². The minimum absolute atomic E-state index is 0.216. The van der Waals surface area contributed by atoms with Gasteiger partial charge in [0, 0.05) is 38.4 Å². The lowest BCUT2D eigenvalue weighted by atomic mass is 10.2. The summed E-state index contributed by atoms with van der Waals surface area (Å²) in [6.07, 6.45) is 1.70. The van der Waals surface area contributed by atoms with Gasteiger partial charge < -0.3 is 9.80 Å². The summed E-state index contributed by atoms with van der Waals surface area (Å²) < 4.78 is 1.38. The van der Waals surface area contributed by atoms with E-state index in [2.05, 4.69) is 27.0 Å². The Morgan fingerprint density at radius 1 is 1.09 bits per heavy atom. The average molecular weight is 319 g/mol. The first-order valence-corrected chi connectivity index (χ1v) is 7.89. The highest BCUT2D eigenvalue weighted by Crippen LogP contribution is 2.24. The number of aromatic nitrogens is 2. The van der Waals surface area contributed by atoms with Gasteiger partial charge in [-0.3, -0.25) is 4.79 Å². The summed E-state index contributed by atoms with van der Waals surface area (Å²) in [6, 6.07) is 10.4. The molecule has 0 N–H and O–H groups in total. The minimum Gasteiger partial charge on any atom is -0.368 e. The SMILES string of the molecule is CCn1ncc(N2CCN(c3ccccc3)CC2)c(Cl)c1=O. The molecule has 0 bridgehead atoms. The van der Waals surface area contributed by atoms with Crippen molar-refractivity contribution in [3.05, 3.63) is 51.9 Å². The van der Waals surface area contributed by atoms with Crippen LogP contribution in [0, 0.1) is 0 Å². The standard InChI is InChI=1S/C16H19ClN4O/c1-2-21-16(22)15(17)14(12-18-21)20-10-8-19(9-11-20)13-6-4-3-5-7-13/h3-7,12H,2,8-11H2,1H3. The maximum absolute atomic E-state index is 12.1. The third kappa shape index (κ3) is 2.81. The maximum atomic E-state index is 12.1. The zero-order valence-corrected chi connectivity index (χ0v) is 13.3. The predicted octanol–water partition coefficient (Wildman–Crippen LogP) is 2.24. The van der Waals surface area contributed by atoms with Crippen LogP contribution in [0.4, 0.5) is 11.4 Å². The van der Waals surface area contributed by atoms with Gasteiger partial charge in [-0.05, 0) is 19.1 Å². The second-order valence-electron chi connectivity index (χ2n) is 5.27. The second kappa shape index (κ2) is 6.40. The number of aryl methyl sites for hydroxylation is 1. The van der Waals surface area contributed by atoms with E-state index in [0.29, 0.717) is 6.54 Å². The van der Waals surface area contributed by atoms with E-state index >= 15 is 0 Å². The number of hydrogen-bond acceptors (Lipinski definition) is 4. The normalized spacial score (nSPS) is 15.2. The Morgan fingerprint density at radius 3 is 2.36 bits per heavy atom. The second-order valence-corrected chi connectivity index (χ2v) is 5.65. The molecule has 0 unspecified atom stereocenters. The number of para-hydroxylation sites is 1. The van der Waals surface area contributed by atoms with Gasteiger partial charge >= 0.3 is 0 Å². The van der Waals surface area contributed by atoms with Crippen molar-refractivity contribution in [1.29, 1.82) is 0 Å². The van der Waals surface area contributed by atoms with Crippen LogP contribution in [-0.2, 0) is 6.54 Å². The molecule has 1 aliphatic rings. The van der Waals surface area contributed by atoms with Gasteiger partial charge in [-0.15, -0.1) is 0 Å². The molecule has 0 aliphatic carbocycles. The molecule has 1 aromatic heterocycles. The van der Waals surface area contributed by atoms with E-state index in [9.17, 15) is 4.79 Å². The molecule has 5 nitrogen and oxygen atoms in total. The average Bonchev–Trinajstić information content (AvgIpc) is 2.58. The third-order valence-electron chi connectivity index (χ3n) is 4.01. The van der Waals surface area contributed by atoms with Crippen molar-refractivity contribution < 1.29 is 0 Å². The molecule has 2 heterocycles. The van der Waals surface area contributed by atoms with Crippen LogP contribution in [0.3, 0.4) is 0 Å². The summed E-state index contributed by atoms with van der Waals surface area (Å²) in [5.74, 6) is 0. The lowest BCUT2D eigenvalue weighted by Crippen LogP contribution is -2.47. The highest BCUT2D eigenvalue weighted by Gasteiger charge is 2.21. The minimum atomic E-state index is -0.216. The Balaban J connectivity index is 1.74. The molecule has 0 atom stereocenters. The van der Waals surface area contributed by atoms with Crippen molar-refractivity contribution in [2.75, 3.05) is 36.0 Å². The van der Waals surface area contributed by atoms with Crippen LogP contribution in [0.1, 0.15) is 6.92 Å². The fraction of sp³-hybridized carbons (Fsp3) is 0.375. The summed E-state index contributed by atoms with van der Waals surface area (Å²) >= 11 is 6.24. The molecule has 0 amide bonds. The monoisotopic (exact) mass is 318 g/mol. The summed E-state index contributed by atoms with van der Waals surface area (Å²) in [4.78, 5) is 16.6. The Labute approximate surface area is 134 Å². The number of rotatable bonds is 3. The van der Waals surface area contributed by atoms with Gasteiger partial charge in [0.25, 0.3) is 5.56 Å². The molecule has 0 saturated carbocycles. The molecule has 0 spiro atoms. The Kier molecular flexibility index (Phi) is 4.34. The molecule has 116 valence electrons. The van der Waals surface area contributed by atoms with E-state index in [1.165, 1.54) is 10.4 Å². The van der Waals surface area contributed by atoms with Crippen LogP contribution in [0.5, 0.6) is 0 Å². The summed E-state index contributed by atoms with van der Waals surface area (Å²) in [5.41, 5.74) is 1.75. The molecule has 22 heavy (non-hydrogen) atoms. The van der Waals surface area contributed by atoms with Crippen molar-refractivity contribution in [2.45, 2.75) is 13.5 Å². The predicted molar refractivity (Wildman–Crippen MR) is 90.0 cm³/mol. The largest absolute Gasteiger partial charge is 0.368 e. The Hall–Kier alpha value is -2.01. The van der Waals surface area contributed by atoms with E-state index in [0.717, 1.165) is 31.9 Å². The molecule has 1 aliphatic heterocycles. The molecular formula is C16H19ClN4O. The number of halogens is 1. The lowest BCUT2D eigenvalue weighted by molar-refractivity contribution is 0.606. The van der Waals surface area contributed by atoms with Crippen molar-refractivity contribution in [2.24, 2.45) is 0 Å². The van der Waals surface area contributed by atoms with Crippen LogP contribution in [0.25, 0.3) is 0 Å². The van der Waals surface area contributed by atoms with Gasteiger partial charge in [0.2, 0.25) is 0 Å². The van der Waals surface area contributed by atoms with Gasteiger partial charge in [0.15, 0.2) is 0 Å². The van der Waals surface area contributed by atoms with Gasteiger partial charge in [0.05, 0.1) is 11.9 Å². The molecular weight excluding hydrogens is 300 g/mol. The lowest BCUT2D eigenvalue weighted by Gasteiger charge is -2.37. The summed E-state index contributed by atoms with van der Waals surface area (Å²) in [5, 5.41) is 4.44. The fourth-order valence-corrected chi connectivity index (χ4v) is 3.01. The van der Waals surface area contributed by atoms with E-state index in [-0.39, 0.29) is 10.6 Å². The molecule has 1 aromatic carbocycles. The molecule has 3 rings (SSSR count). The Bertz CT molecular complexity index is 693. The first kappa shape index (κ1) is 14.9. The number of hydrogen-bond donors (Lipinski definition) is 0. The van der Waals surface area contributed by atoms with Crippen LogP contribution >= 0.6 is 11.6 Å². The first-order chi connectivity index (χ1) is 10.7. The van der Waals surface area contributed by atoms with Crippen molar-refractivity contribution in [3.63, 3.8) is 0 Å². The van der Waals surface area contributed by atoms with Crippen LogP contribution in [-0.4, -0.2) is 36.0 Å². The van der Waals surface area contributed by atoms with Gasteiger partial charge in [-0.25, -0.2) is 4.68 Å². The quantitative estimate of drug-likeness (QED) is 0.870. The van der Waals surface area contributed by atoms with E-state index in [4.69, 9.17) is 11.6 Å². The van der Waals surface area contributed by atoms with Crippen LogP contribution in [0.2, 0.25) is 5.02 Å². The van der Waals surface area contributed by atoms with Gasteiger partial charge in [-0.1, -0.05) is 29.8 Å². The zero-order chi connectivity index (χ0) is 15.5. The first-order valence-electron chi connectivity index (χ1n) is 7.51. The summed E-state index contributed by atoms with van der Waals surface area (Å²) in [6.45, 7) is 5.86.